The summed E-state index contributed by atoms with van der Waals surface area (Å²) in [6, 6.07) is 13.7. The van der Waals surface area contributed by atoms with Gasteiger partial charge in [-0.15, -0.1) is 0 Å². The Morgan fingerprint density at radius 3 is 2.43 bits per heavy atom. The van der Waals surface area contributed by atoms with Crippen LogP contribution in [0.1, 0.15) is 12.8 Å². The van der Waals surface area contributed by atoms with Gasteiger partial charge in [-0.25, -0.2) is 4.98 Å². The molecule has 30 heavy (non-hydrogen) atoms. The average Bonchev–Trinajstić information content (AvgIpc) is 3.36. The molecule has 1 saturated heterocycles. The fourth-order valence-electron chi connectivity index (χ4n) is 4.86. The molecule has 156 valence electrons. The number of benzene rings is 1. The number of hydrogen-bond acceptors (Lipinski definition) is 6. The Labute approximate surface area is 175 Å². The highest BCUT2D eigenvalue weighted by atomic mass is 16.5. The van der Waals surface area contributed by atoms with E-state index < -0.39 is 0 Å². The van der Waals surface area contributed by atoms with Gasteiger partial charge in [-0.1, -0.05) is 18.2 Å². The number of amides is 1. The van der Waals surface area contributed by atoms with Gasteiger partial charge in [0.2, 0.25) is 5.91 Å². The molecule has 0 unspecified atom stereocenters. The third-order valence-electron chi connectivity index (χ3n) is 6.38. The van der Waals surface area contributed by atoms with E-state index in [-0.39, 0.29) is 24.6 Å². The lowest BCUT2D eigenvalue weighted by Gasteiger charge is -2.37. The summed E-state index contributed by atoms with van der Waals surface area (Å²) < 4.78 is 5.79. The molecule has 0 radical (unpaired) electrons. The van der Waals surface area contributed by atoms with Gasteiger partial charge in [-0.3, -0.25) is 4.79 Å². The molecule has 1 saturated carbocycles. The average molecular weight is 406 g/mol. The summed E-state index contributed by atoms with van der Waals surface area (Å²) in [5.41, 5.74) is 1.62. The van der Waals surface area contributed by atoms with E-state index >= 15 is 0 Å². The fourth-order valence-corrected chi connectivity index (χ4v) is 4.86. The van der Waals surface area contributed by atoms with E-state index in [1.165, 1.54) is 4.80 Å². The number of nitrogens with zero attached hydrogens (tertiary/aromatic N) is 5. The van der Waals surface area contributed by atoms with Crippen molar-refractivity contribution in [2.75, 3.05) is 25.5 Å². The predicted octanol–water partition coefficient (Wildman–Crippen LogP) is 2.19. The second kappa shape index (κ2) is 8.02. The van der Waals surface area contributed by atoms with Gasteiger partial charge < -0.3 is 15.0 Å². The van der Waals surface area contributed by atoms with Gasteiger partial charge in [0.05, 0.1) is 12.1 Å². The Morgan fingerprint density at radius 2 is 1.77 bits per heavy atom. The first-order valence-corrected chi connectivity index (χ1v) is 10.5. The van der Waals surface area contributed by atoms with Crippen LogP contribution in [0.15, 0.2) is 48.7 Å². The van der Waals surface area contributed by atoms with Crippen LogP contribution in [0.3, 0.4) is 0 Å². The van der Waals surface area contributed by atoms with Crippen LogP contribution in [-0.2, 0) is 16.1 Å². The molecule has 1 amide bonds. The first kappa shape index (κ1) is 19.0. The zero-order valence-electron chi connectivity index (χ0n) is 17.0. The van der Waals surface area contributed by atoms with Crippen LogP contribution in [0.5, 0.6) is 0 Å². The summed E-state index contributed by atoms with van der Waals surface area (Å²) in [5, 5.41) is 12.4. The van der Waals surface area contributed by atoms with E-state index in [0.29, 0.717) is 11.8 Å². The van der Waals surface area contributed by atoms with Crippen molar-refractivity contribution in [2.24, 2.45) is 11.8 Å². The predicted molar refractivity (Wildman–Crippen MR) is 113 cm³/mol. The quantitative estimate of drug-likeness (QED) is 0.699. The van der Waals surface area contributed by atoms with E-state index in [0.717, 1.165) is 42.8 Å². The first-order chi connectivity index (χ1) is 14.7. The van der Waals surface area contributed by atoms with Crippen LogP contribution < -0.4 is 5.32 Å². The third kappa shape index (κ3) is 3.75. The van der Waals surface area contributed by atoms with Crippen molar-refractivity contribution in [2.45, 2.75) is 31.5 Å². The number of carbonyl (C=O) groups is 1. The molecule has 2 aliphatic rings. The molecule has 3 heterocycles. The monoisotopic (exact) mass is 406 g/mol. The Bertz CT molecular complexity index is 990. The van der Waals surface area contributed by atoms with Crippen LogP contribution in [0, 0.1) is 11.8 Å². The van der Waals surface area contributed by atoms with Gasteiger partial charge in [0.25, 0.3) is 0 Å². The molecule has 8 nitrogen and oxygen atoms in total. The number of rotatable bonds is 5. The van der Waals surface area contributed by atoms with E-state index in [2.05, 4.69) is 20.5 Å². The fraction of sp³-hybridized carbons (Fsp3) is 0.455. The number of hydrogen-bond donors (Lipinski definition) is 1. The summed E-state index contributed by atoms with van der Waals surface area (Å²) in [7, 11) is 1.77. The van der Waals surface area contributed by atoms with Crippen molar-refractivity contribution < 1.29 is 9.53 Å². The smallest absolute Gasteiger partial charge is 0.246 e. The van der Waals surface area contributed by atoms with Crippen molar-refractivity contribution in [1.82, 2.24) is 24.9 Å². The molecule has 0 spiro atoms. The Kier molecular flexibility index (Phi) is 5.08. The number of ether oxygens (including phenoxy) is 1. The maximum atomic E-state index is 12.9. The molecule has 4 atom stereocenters. The number of aromatic nitrogens is 4. The van der Waals surface area contributed by atoms with Crippen LogP contribution in [0.25, 0.3) is 11.0 Å². The number of likely N-dealkylation sites (tertiary alicyclic amines) is 1. The van der Waals surface area contributed by atoms with Gasteiger partial charge in [0.1, 0.15) is 23.4 Å². The molecule has 8 heteroatoms. The number of anilines is 1. The topological polar surface area (TPSA) is 85.2 Å². The summed E-state index contributed by atoms with van der Waals surface area (Å²) in [4.78, 5) is 20.8. The number of carbonyl (C=O) groups excluding carboxylic acids is 1. The molecule has 5 rings (SSSR count). The lowest BCUT2D eigenvalue weighted by molar-refractivity contribution is -0.131. The van der Waals surface area contributed by atoms with Crippen molar-refractivity contribution in [3.63, 3.8) is 0 Å². The first-order valence-electron chi connectivity index (χ1n) is 10.5. The maximum absolute atomic E-state index is 12.9. The van der Waals surface area contributed by atoms with Crippen LogP contribution in [-0.4, -0.2) is 63.1 Å². The zero-order chi connectivity index (χ0) is 20.5. The van der Waals surface area contributed by atoms with Crippen LogP contribution in [0.2, 0.25) is 0 Å². The standard InChI is InChI=1S/C22H26N6O2/c1-30-20-11-16-13-27(12-15(16)10-19(20)24-21-8-4-5-9-23-21)22(29)14-28-25-17-6-2-3-7-18(17)26-28/h2-9,15-16,19-20H,10-14H2,1H3,(H,23,24)/t15-,16+,19-,20-/m1/s1. The summed E-state index contributed by atoms with van der Waals surface area (Å²) in [6.07, 6.45) is 3.81. The highest BCUT2D eigenvalue weighted by Gasteiger charge is 2.43. The molecule has 1 aliphatic carbocycles. The van der Waals surface area contributed by atoms with E-state index in [1.807, 2.05) is 47.4 Å². The second-order valence-electron chi connectivity index (χ2n) is 8.25. The molecule has 1 aromatic carbocycles. The molecular weight excluding hydrogens is 380 g/mol. The molecule has 3 aromatic rings. The third-order valence-corrected chi connectivity index (χ3v) is 6.38. The van der Waals surface area contributed by atoms with E-state index in [1.54, 1.807) is 13.3 Å². The highest BCUT2D eigenvalue weighted by molar-refractivity contribution is 5.77. The second-order valence-corrected chi connectivity index (χ2v) is 8.25. The van der Waals surface area contributed by atoms with Gasteiger partial charge in [-0.05, 0) is 48.9 Å². The largest absolute Gasteiger partial charge is 0.379 e. The van der Waals surface area contributed by atoms with Gasteiger partial charge in [0.15, 0.2) is 0 Å². The van der Waals surface area contributed by atoms with Crippen molar-refractivity contribution in [3.8, 4) is 0 Å². The number of pyridine rings is 1. The summed E-state index contributed by atoms with van der Waals surface area (Å²) in [6.45, 7) is 1.74. The Balaban J connectivity index is 1.24. The minimum absolute atomic E-state index is 0.0768. The normalized spacial score (nSPS) is 26.0. The molecule has 2 aromatic heterocycles. The number of methoxy groups -OCH3 is 1. The molecule has 0 bridgehead atoms. The molecule has 1 N–H and O–H groups in total. The van der Waals surface area contributed by atoms with Gasteiger partial charge in [-0.2, -0.15) is 15.0 Å². The number of fused-ring (bicyclic) bond motifs is 2. The number of nitrogens with one attached hydrogen (secondary N) is 1. The summed E-state index contributed by atoms with van der Waals surface area (Å²) >= 11 is 0. The Morgan fingerprint density at radius 1 is 1.07 bits per heavy atom. The van der Waals surface area contributed by atoms with Crippen molar-refractivity contribution in [1.29, 1.82) is 0 Å². The summed E-state index contributed by atoms with van der Waals surface area (Å²) in [5.74, 6) is 1.87. The lowest BCUT2D eigenvalue weighted by atomic mass is 9.77. The molecular formula is C22H26N6O2. The van der Waals surface area contributed by atoms with Crippen LogP contribution >= 0.6 is 0 Å². The van der Waals surface area contributed by atoms with E-state index in [4.69, 9.17) is 4.74 Å². The maximum Gasteiger partial charge on any atom is 0.246 e. The van der Waals surface area contributed by atoms with Gasteiger partial charge in [0, 0.05) is 26.4 Å². The molecule has 2 fully saturated rings. The van der Waals surface area contributed by atoms with Crippen molar-refractivity contribution >= 4 is 22.8 Å². The minimum Gasteiger partial charge on any atom is -0.379 e. The van der Waals surface area contributed by atoms with Crippen molar-refractivity contribution in [3.05, 3.63) is 48.7 Å². The van der Waals surface area contributed by atoms with E-state index in [9.17, 15) is 4.79 Å². The van der Waals surface area contributed by atoms with Gasteiger partial charge >= 0.3 is 0 Å². The Hall–Kier alpha value is -3.00. The van der Waals surface area contributed by atoms with Crippen LogP contribution in [0.4, 0.5) is 5.82 Å². The lowest BCUT2D eigenvalue weighted by Crippen LogP contribution is -2.44. The minimum atomic E-state index is 0.0768. The zero-order valence-corrected chi connectivity index (χ0v) is 17.0. The SMILES string of the molecule is CO[C@@H]1C[C@H]2CN(C(=O)Cn3nc4ccccc4n3)C[C@H]2C[C@H]1Nc1ccccn1. The molecule has 1 aliphatic heterocycles. The highest BCUT2D eigenvalue weighted by Crippen LogP contribution is 2.38.